The maximum atomic E-state index is 5.21. The Balaban J connectivity index is 1.14. The molecule has 10 aromatic rings. The Labute approximate surface area is 289 Å². The fourth-order valence-electron chi connectivity index (χ4n) is 7.12. The molecule has 10 rings (SSSR count). The lowest BCUT2D eigenvalue weighted by molar-refractivity contribution is 1.38. The zero-order valence-electron chi connectivity index (χ0n) is 27.1. The van der Waals surface area contributed by atoms with Crippen molar-refractivity contribution >= 4 is 54.3 Å². The van der Waals surface area contributed by atoms with Crippen LogP contribution in [0.15, 0.2) is 176 Å². The van der Waals surface area contributed by atoms with Gasteiger partial charge >= 0.3 is 0 Å². The summed E-state index contributed by atoms with van der Waals surface area (Å²) in [5, 5.41) is 8.20. The molecule has 0 unspecified atom stereocenters. The van der Waals surface area contributed by atoms with Crippen LogP contribution in [0, 0.1) is 0 Å². The van der Waals surface area contributed by atoms with E-state index in [9.17, 15) is 0 Å². The van der Waals surface area contributed by atoms with Crippen LogP contribution in [-0.2, 0) is 0 Å². The summed E-state index contributed by atoms with van der Waals surface area (Å²) < 4.78 is 0. The van der Waals surface area contributed by atoms with Gasteiger partial charge in [-0.15, -0.1) is 0 Å². The fraction of sp³-hybridized carbons (Fsp3) is 0. The van der Waals surface area contributed by atoms with Gasteiger partial charge in [-0.2, -0.15) is 0 Å². The van der Waals surface area contributed by atoms with Crippen LogP contribution in [0.5, 0.6) is 0 Å². The lowest BCUT2D eigenvalue weighted by Gasteiger charge is -2.13. The molecule has 0 fully saturated rings. The van der Waals surface area contributed by atoms with Crippen molar-refractivity contribution in [2.45, 2.75) is 0 Å². The Kier molecular flexibility index (Phi) is 6.49. The van der Waals surface area contributed by atoms with Crippen LogP contribution in [-0.4, -0.2) is 15.0 Å². The molecule has 0 aliphatic carbocycles. The van der Waals surface area contributed by atoms with E-state index in [2.05, 4.69) is 164 Å². The molecule has 0 N–H and O–H groups in total. The number of pyridine rings is 3. The summed E-state index contributed by atoms with van der Waals surface area (Å²) in [5.41, 5.74) is 11.1. The van der Waals surface area contributed by atoms with Crippen molar-refractivity contribution in [2.75, 3.05) is 0 Å². The topological polar surface area (TPSA) is 38.7 Å². The van der Waals surface area contributed by atoms with Crippen LogP contribution in [0.2, 0.25) is 0 Å². The number of nitrogens with zero attached hydrogens (tertiary/aromatic N) is 3. The molecule has 0 saturated carbocycles. The van der Waals surface area contributed by atoms with Gasteiger partial charge in [-0.25, -0.2) is 15.0 Å². The molecule has 7 aromatic carbocycles. The summed E-state index contributed by atoms with van der Waals surface area (Å²) in [5.74, 6) is 0. The van der Waals surface area contributed by atoms with Crippen molar-refractivity contribution in [1.82, 2.24) is 15.0 Å². The van der Waals surface area contributed by atoms with Crippen LogP contribution in [0.4, 0.5) is 0 Å². The smallest absolute Gasteiger partial charge is 0.0715 e. The van der Waals surface area contributed by atoms with Crippen molar-refractivity contribution < 1.29 is 0 Å². The van der Waals surface area contributed by atoms with Gasteiger partial charge in [0.15, 0.2) is 0 Å². The van der Waals surface area contributed by atoms with Crippen LogP contribution in [0.25, 0.3) is 99.2 Å². The number of rotatable bonds is 4. The van der Waals surface area contributed by atoms with Gasteiger partial charge in [0.1, 0.15) is 0 Å². The third-order valence-corrected chi connectivity index (χ3v) is 9.73. The van der Waals surface area contributed by atoms with Crippen molar-refractivity contribution in [1.29, 1.82) is 0 Å². The Morgan fingerprint density at radius 3 is 1.24 bits per heavy atom. The SMILES string of the molecule is c1cc(-c2cc(-c3ccc4cc5ccccc5cc4n3)cc(-c3ccc4cc5ccccc5cc4n3)c2)cc(-c2ccc3ccccc3n2)c1. The zero-order valence-corrected chi connectivity index (χ0v) is 27.1. The van der Waals surface area contributed by atoms with E-state index in [-0.39, 0.29) is 0 Å². The molecule has 50 heavy (non-hydrogen) atoms. The molecule has 3 heterocycles. The Hall–Kier alpha value is -6.71. The van der Waals surface area contributed by atoms with Gasteiger partial charge < -0.3 is 0 Å². The first-order valence-corrected chi connectivity index (χ1v) is 16.9. The Bertz CT molecular complexity index is 2810. The van der Waals surface area contributed by atoms with Gasteiger partial charge in [0.05, 0.1) is 33.6 Å². The quantitative estimate of drug-likeness (QED) is 0.181. The summed E-state index contributed by atoms with van der Waals surface area (Å²) >= 11 is 0. The first kappa shape index (κ1) is 28.3. The van der Waals surface area contributed by atoms with Crippen LogP contribution < -0.4 is 0 Å². The van der Waals surface area contributed by atoms with Gasteiger partial charge in [-0.1, -0.05) is 103 Å². The summed E-state index contributed by atoms with van der Waals surface area (Å²) in [7, 11) is 0. The molecule has 0 amide bonds. The van der Waals surface area contributed by atoms with Gasteiger partial charge in [0.25, 0.3) is 0 Å². The minimum absolute atomic E-state index is 0.926. The minimum Gasteiger partial charge on any atom is -0.248 e. The van der Waals surface area contributed by atoms with Gasteiger partial charge in [-0.3, -0.25) is 0 Å². The number of hydrogen-bond acceptors (Lipinski definition) is 3. The molecule has 3 heteroatoms. The van der Waals surface area contributed by atoms with Crippen LogP contribution in [0.1, 0.15) is 0 Å². The maximum absolute atomic E-state index is 5.21. The summed E-state index contributed by atoms with van der Waals surface area (Å²) in [6, 6.07) is 62.3. The zero-order chi connectivity index (χ0) is 33.0. The van der Waals surface area contributed by atoms with Gasteiger partial charge in [-0.05, 0) is 105 Å². The minimum atomic E-state index is 0.926. The predicted molar refractivity (Wildman–Crippen MR) is 209 cm³/mol. The molecule has 0 spiro atoms. The van der Waals surface area contributed by atoms with Gasteiger partial charge in [0.2, 0.25) is 0 Å². The van der Waals surface area contributed by atoms with E-state index in [0.29, 0.717) is 0 Å². The summed E-state index contributed by atoms with van der Waals surface area (Å²) in [6.07, 6.45) is 0. The highest BCUT2D eigenvalue weighted by molar-refractivity contribution is 5.99. The predicted octanol–water partition coefficient (Wildman–Crippen LogP) is 12.3. The molecule has 0 aliphatic heterocycles. The standard InChI is InChI=1S/C47H29N3/c1-3-11-34-28-46-37(22-31(34)9-1)17-20-44(49-46)40-25-39(33-13-7-14-36(24-33)43-19-16-30-8-5-6-15-42(30)48-43)26-41(27-40)45-21-18-38-23-32-10-2-4-12-35(32)29-47(38)50-45/h1-29H. The molecule has 0 radical (unpaired) electrons. The second-order valence-electron chi connectivity index (χ2n) is 12.9. The molecule has 0 bridgehead atoms. The van der Waals surface area contributed by atoms with Gasteiger partial charge in [0, 0.05) is 32.8 Å². The average molecular weight is 636 g/mol. The Morgan fingerprint density at radius 1 is 0.220 bits per heavy atom. The largest absolute Gasteiger partial charge is 0.248 e. The fourth-order valence-corrected chi connectivity index (χ4v) is 7.12. The van der Waals surface area contributed by atoms with E-state index >= 15 is 0 Å². The lowest BCUT2D eigenvalue weighted by atomic mass is 9.94. The third kappa shape index (κ3) is 5.04. The average Bonchev–Trinajstić information content (AvgIpc) is 3.18. The maximum Gasteiger partial charge on any atom is 0.0715 e. The molecular weight excluding hydrogens is 607 g/mol. The van der Waals surface area contributed by atoms with Crippen molar-refractivity contribution in [2.24, 2.45) is 0 Å². The molecule has 3 nitrogen and oxygen atoms in total. The first-order valence-electron chi connectivity index (χ1n) is 16.9. The third-order valence-electron chi connectivity index (χ3n) is 9.73. The normalized spacial score (nSPS) is 11.6. The molecule has 0 atom stereocenters. The monoisotopic (exact) mass is 635 g/mol. The molecule has 0 saturated heterocycles. The van der Waals surface area contributed by atoms with Crippen molar-refractivity contribution in [3.8, 4) is 44.9 Å². The number of fused-ring (bicyclic) bond motifs is 5. The first-order chi connectivity index (χ1) is 24.7. The molecular formula is C47H29N3. The second-order valence-corrected chi connectivity index (χ2v) is 12.9. The van der Waals surface area contributed by atoms with Crippen molar-refractivity contribution in [3.05, 3.63) is 176 Å². The molecule has 232 valence electrons. The number of aromatic nitrogens is 3. The highest BCUT2D eigenvalue weighted by Crippen LogP contribution is 2.35. The van der Waals surface area contributed by atoms with Crippen LogP contribution in [0.3, 0.4) is 0 Å². The van der Waals surface area contributed by atoms with Crippen molar-refractivity contribution in [3.63, 3.8) is 0 Å². The highest BCUT2D eigenvalue weighted by atomic mass is 14.7. The number of hydrogen-bond donors (Lipinski definition) is 0. The van der Waals surface area contributed by atoms with Crippen LogP contribution >= 0.6 is 0 Å². The lowest BCUT2D eigenvalue weighted by Crippen LogP contribution is -1.92. The van der Waals surface area contributed by atoms with E-state index in [1.165, 1.54) is 21.5 Å². The van der Waals surface area contributed by atoms with E-state index in [1.807, 2.05) is 12.1 Å². The molecule has 3 aromatic heterocycles. The number of para-hydroxylation sites is 1. The van der Waals surface area contributed by atoms with E-state index in [1.54, 1.807) is 0 Å². The second kappa shape index (κ2) is 11.5. The van der Waals surface area contributed by atoms with E-state index in [4.69, 9.17) is 15.0 Å². The number of benzene rings is 7. The highest BCUT2D eigenvalue weighted by Gasteiger charge is 2.13. The van der Waals surface area contributed by atoms with E-state index in [0.717, 1.165) is 77.6 Å². The summed E-state index contributed by atoms with van der Waals surface area (Å²) in [6.45, 7) is 0. The molecule has 0 aliphatic rings. The Morgan fingerprint density at radius 2 is 0.640 bits per heavy atom. The van der Waals surface area contributed by atoms with E-state index < -0.39 is 0 Å². The summed E-state index contributed by atoms with van der Waals surface area (Å²) in [4.78, 5) is 15.4.